The van der Waals surface area contributed by atoms with Crippen molar-refractivity contribution in [2.45, 2.75) is 20.1 Å². The number of nitrogens with zero attached hydrogens (tertiary/aromatic N) is 2. The van der Waals surface area contributed by atoms with Gasteiger partial charge in [0.25, 0.3) is 0 Å². The highest BCUT2D eigenvalue weighted by atomic mass is 16.5. The Labute approximate surface area is 170 Å². The van der Waals surface area contributed by atoms with Crippen LogP contribution in [0.15, 0.2) is 36.4 Å². The van der Waals surface area contributed by atoms with E-state index < -0.39 is 6.23 Å². The Morgan fingerprint density at radius 2 is 1.45 bits per heavy atom. The third-order valence-corrected chi connectivity index (χ3v) is 4.74. The molecule has 3 aromatic rings. The Morgan fingerprint density at radius 3 is 1.93 bits per heavy atom. The number of benzene rings is 2. The van der Waals surface area contributed by atoms with Gasteiger partial charge in [0.1, 0.15) is 12.0 Å². The first kappa shape index (κ1) is 20.5. The lowest BCUT2D eigenvalue weighted by Gasteiger charge is -2.13. The van der Waals surface area contributed by atoms with Crippen molar-refractivity contribution in [1.29, 1.82) is 0 Å². The highest BCUT2D eigenvalue weighted by molar-refractivity contribution is 5.73. The fourth-order valence-corrected chi connectivity index (χ4v) is 3.30. The van der Waals surface area contributed by atoms with Gasteiger partial charge in [-0.05, 0) is 55.8 Å². The van der Waals surface area contributed by atoms with Crippen LogP contribution in [-0.4, -0.2) is 43.3 Å². The van der Waals surface area contributed by atoms with Crippen LogP contribution in [-0.2, 0) is 0 Å². The van der Waals surface area contributed by atoms with E-state index in [1.807, 2.05) is 43.3 Å². The molecule has 1 unspecified atom stereocenters. The Balaban J connectivity index is 2.16. The van der Waals surface area contributed by atoms with Crippen LogP contribution in [0.2, 0.25) is 0 Å². The molecule has 1 aromatic heterocycles. The second-order valence-corrected chi connectivity index (χ2v) is 6.59. The van der Waals surface area contributed by atoms with Crippen molar-refractivity contribution >= 4 is 0 Å². The standard InChI is InChI=1S/C22H26N2O5/c1-13-9-15(7-8-19(13)26-3)18-12-17(23-24(18)14(2)25)16-10-20(27-4)22(29-6)21(11-16)28-5/h7-12,14,25H,1-6H3. The van der Waals surface area contributed by atoms with Gasteiger partial charge in [-0.2, -0.15) is 5.10 Å². The maximum absolute atomic E-state index is 10.3. The van der Waals surface area contributed by atoms with Gasteiger partial charge in [-0.3, -0.25) is 0 Å². The monoisotopic (exact) mass is 398 g/mol. The summed E-state index contributed by atoms with van der Waals surface area (Å²) < 4.78 is 23.2. The van der Waals surface area contributed by atoms with Crippen LogP contribution in [0.4, 0.5) is 0 Å². The molecule has 7 heteroatoms. The lowest BCUT2D eigenvalue weighted by molar-refractivity contribution is 0.113. The van der Waals surface area contributed by atoms with E-state index in [1.54, 1.807) is 40.0 Å². The predicted molar refractivity (Wildman–Crippen MR) is 111 cm³/mol. The topological polar surface area (TPSA) is 75.0 Å². The second-order valence-electron chi connectivity index (χ2n) is 6.59. The smallest absolute Gasteiger partial charge is 0.203 e. The minimum absolute atomic E-state index is 0.514. The molecule has 154 valence electrons. The molecule has 0 spiro atoms. The number of hydrogen-bond acceptors (Lipinski definition) is 6. The molecule has 0 aliphatic carbocycles. The van der Waals surface area contributed by atoms with Crippen molar-refractivity contribution in [3.8, 4) is 45.5 Å². The summed E-state index contributed by atoms with van der Waals surface area (Å²) in [5.74, 6) is 2.40. The van der Waals surface area contributed by atoms with Gasteiger partial charge in [-0.15, -0.1) is 0 Å². The van der Waals surface area contributed by atoms with E-state index in [4.69, 9.17) is 18.9 Å². The number of rotatable bonds is 7. The molecule has 29 heavy (non-hydrogen) atoms. The van der Waals surface area contributed by atoms with Crippen molar-refractivity contribution in [2.24, 2.45) is 0 Å². The SMILES string of the molecule is COc1ccc(-c2cc(-c3cc(OC)c(OC)c(OC)c3)nn2C(C)O)cc1C. The first-order chi connectivity index (χ1) is 13.9. The molecule has 1 atom stereocenters. The molecule has 0 saturated heterocycles. The predicted octanol–water partition coefficient (Wildman–Crippen LogP) is 4.07. The summed E-state index contributed by atoms with van der Waals surface area (Å²) in [6.45, 7) is 3.65. The number of methoxy groups -OCH3 is 4. The molecule has 0 aliphatic rings. The summed E-state index contributed by atoms with van der Waals surface area (Å²) in [6, 6.07) is 11.4. The molecule has 1 N–H and O–H groups in total. The van der Waals surface area contributed by atoms with Gasteiger partial charge in [0, 0.05) is 11.1 Å². The molecule has 0 bridgehead atoms. The summed E-state index contributed by atoms with van der Waals surface area (Å²) in [5, 5.41) is 14.9. The number of ether oxygens (including phenoxy) is 4. The third kappa shape index (κ3) is 3.86. The van der Waals surface area contributed by atoms with E-state index in [-0.39, 0.29) is 0 Å². The van der Waals surface area contributed by atoms with Gasteiger partial charge in [0.2, 0.25) is 5.75 Å². The van der Waals surface area contributed by atoms with E-state index in [9.17, 15) is 5.11 Å². The molecule has 0 aliphatic heterocycles. The van der Waals surface area contributed by atoms with Crippen LogP contribution in [0, 0.1) is 6.92 Å². The minimum Gasteiger partial charge on any atom is -0.496 e. The zero-order chi connectivity index (χ0) is 21.1. The Hall–Kier alpha value is -3.19. The van der Waals surface area contributed by atoms with Crippen molar-refractivity contribution in [1.82, 2.24) is 9.78 Å². The fraction of sp³-hybridized carbons (Fsp3) is 0.318. The van der Waals surface area contributed by atoms with Crippen molar-refractivity contribution in [3.05, 3.63) is 42.0 Å². The summed E-state index contributed by atoms with van der Waals surface area (Å²) >= 11 is 0. The van der Waals surface area contributed by atoms with E-state index in [0.29, 0.717) is 22.9 Å². The highest BCUT2D eigenvalue weighted by Crippen LogP contribution is 2.41. The molecule has 0 radical (unpaired) electrons. The van der Waals surface area contributed by atoms with Crippen LogP contribution in [0.3, 0.4) is 0 Å². The number of aliphatic hydroxyl groups excluding tert-OH is 1. The van der Waals surface area contributed by atoms with E-state index >= 15 is 0 Å². The largest absolute Gasteiger partial charge is 0.496 e. The summed E-state index contributed by atoms with van der Waals surface area (Å²) in [4.78, 5) is 0. The first-order valence-electron chi connectivity index (χ1n) is 9.16. The van der Waals surface area contributed by atoms with Crippen molar-refractivity contribution < 1.29 is 24.1 Å². The molecule has 2 aromatic carbocycles. The third-order valence-electron chi connectivity index (χ3n) is 4.74. The zero-order valence-electron chi connectivity index (χ0n) is 17.5. The van der Waals surface area contributed by atoms with E-state index in [2.05, 4.69) is 5.10 Å². The van der Waals surface area contributed by atoms with Crippen molar-refractivity contribution in [3.63, 3.8) is 0 Å². The summed E-state index contributed by atoms with van der Waals surface area (Å²) in [5.41, 5.74) is 4.17. The van der Waals surface area contributed by atoms with Gasteiger partial charge in [-0.1, -0.05) is 0 Å². The highest BCUT2D eigenvalue weighted by Gasteiger charge is 2.19. The van der Waals surface area contributed by atoms with Crippen LogP contribution < -0.4 is 18.9 Å². The average Bonchev–Trinajstić information content (AvgIpc) is 3.18. The average molecular weight is 398 g/mol. The number of hydrogen-bond donors (Lipinski definition) is 1. The van der Waals surface area contributed by atoms with Gasteiger partial charge in [0.05, 0.1) is 39.8 Å². The van der Waals surface area contributed by atoms with Gasteiger partial charge in [-0.25, -0.2) is 4.68 Å². The maximum atomic E-state index is 10.3. The normalized spacial score (nSPS) is 11.8. The molecule has 0 saturated carbocycles. The fourth-order valence-electron chi connectivity index (χ4n) is 3.30. The van der Waals surface area contributed by atoms with Crippen LogP contribution >= 0.6 is 0 Å². The quantitative estimate of drug-likeness (QED) is 0.647. The molecule has 7 nitrogen and oxygen atoms in total. The lowest BCUT2D eigenvalue weighted by atomic mass is 10.1. The second kappa shape index (κ2) is 8.45. The van der Waals surface area contributed by atoms with Crippen LogP contribution in [0.1, 0.15) is 18.7 Å². The Morgan fingerprint density at radius 1 is 0.828 bits per heavy atom. The Bertz CT molecular complexity index is 985. The maximum Gasteiger partial charge on any atom is 0.203 e. The minimum atomic E-state index is -0.803. The zero-order valence-corrected chi connectivity index (χ0v) is 17.5. The summed E-state index contributed by atoms with van der Waals surface area (Å²) in [6.07, 6.45) is -0.803. The number of aromatic nitrogens is 2. The molecule has 0 fully saturated rings. The number of aryl methyl sites for hydroxylation is 1. The molecule has 3 rings (SSSR count). The van der Waals surface area contributed by atoms with Crippen LogP contribution in [0.25, 0.3) is 22.5 Å². The molecule has 1 heterocycles. The molecule has 0 amide bonds. The van der Waals surface area contributed by atoms with Gasteiger partial charge < -0.3 is 24.1 Å². The van der Waals surface area contributed by atoms with Gasteiger partial charge in [0.15, 0.2) is 11.5 Å². The first-order valence-corrected chi connectivity index (χ1v) is 9.16. The van der Waals surface area contributed by atoms with Crippen molar-refractivity contribution in [2.75, 3.05) is 28.4 Å². The molecular weight excluding hydrogens is 372 g/mol. The molecular formula is C22H26N2O5. The number of aliphatic hydroxyl groups is 1. The van der Waals surface area contributed by atoms with Gasteiger partial charge >= 0.3 is 0 Å². The van der Waals surface area contributed by atoms with Crippen LogP contribution in [0.5, 0.6) is 23.0 Å². The lowest BCUT2D eigenvalue weighted by Crippen LogP contribution is -2.07. The summed E-state index contributed by atoms with van der Waals surface area (Å²) in [7, 11) is 6.35. The van der Waals surface area contributed by atoms with E-state index in [0.717, 1.165) is 28.1 Å². The Kier molecular flexibility index (Phi) is 5.98. The van der Waals surface area contributed by atoms with E-state index in [1.165, 1.54) is 0 Å².